The number of rotatable bonds is 7. The molecule has 1 atom stereocenters. The Morgan fingerprint density at radius 1 is 1.00 bits per heavy atom. The molecule has 0 saturated carbocycles. The van der Waals surface area contributed by atoms with Gasteiger partial charge in [-0.2, -0.15) is 4.72 Å². The second-order valence-corrected chi connectivity index (χ2v) is 8.60. The molecule has 1 aromatic heterocycles. The second-order valence-electron chi connectivity index (χ2n) is 6.89. The maximum absolute atomic E-state index is 12.9. The molecule has 0 aliphatic heterocycles. The fraction of sp³-hybridized carbons (Fsp3) is 0.238. The first-order chi connectivity index (χ1) is 13.4. The van der Waals surface area contributed by atoms with Gasteiger partial charge in [-0.1, -0.05) is 50.2 Å². The van der Waals surface area contributed by atoms with Gasteiger partial charge in [0.05, 0.1) is 17.1 Å². The zero-order valence-corrected chi connectivity index (χ0v) is 16.6. The van der Waals surface area contributed by atoms with Crippen molar-refractivity contribution in [1.82, 2.24) is 15.0 Å². The highest BCUT2D eigenvalue weighted by Crippen LogP contribution is 2.19. The number of sulfonamides is 1. The maximum atomic E-state index is 12.9. The predicted octanol–water partition coefficient (Wildman–Crippen LogP) is 2.85. The summed E-state index contributed by atoms with van der Waals surface area (Å²) in [5.41, 5.74) is 0.704. The lowest BCUT2D eigenvalue weighted by Crippen LogP contribution is -2.49. The first kappa shape index (κ1) is 20.0. The Balaban J connectivity index is 1.77. The van der Waals surface area contributed by atoms with E-state index in [4.69, 9.17) is 0 Å². The Morgan fingerprint density at radius 2 is 1.71 bits per heavy atom. The Labute approximate surface area is 165 Å². The Kier molecular flexibility index (Phi) is 6.06. The van der Waals surface area contributed by atoms with E-state index in [0.717, 1.165) is 10.8 Å². The number of aromatic nitrogens is 1. The van der Waals surface area contributed by atoms with Gasteiger partial charge in [-0.3, -0.25) is 9.78 Å². The van der Waals surface area contributed by atoms with Crippen LogP contribution < -0.4 is 10.0 Å². The van der Waals surface area contributed by atoms with E-state index in [-0.39, 0.29) is 23.3 Å². The lowest BCUT2D eigenvalue weighted by Gasteiger charge is -2.21. The molecule has 6 nitrogen and oxygen atoms in total. The van der Waals surface area contributed by atoms with E-state index in [2.05, 4.69) is 15.0 Å². The minimum atomic E-state index is -3.85. The molecule has 0 fully saturated rings. The number of hydrogen-bond acceptors (Lipinski definition) is 4. The van der Waals surface area contributed by atoms with Gasteiger partial charge in [-0.05, 0) is 41.0 Å². The quantitative estimate of drug-likeness (QED) is 0.642. The number of pyridine rings is 1. The first-order valence-corrected chi connectivity index (χ1v) is 10.5. The molecule has 1 amide bonds. The lowest BCUT2D eigenvalue weighted by molar-refractivity contribution is -0.123. The van der Waals surface area contributed by atoms with Crippen molar-refractivity contribution >= 4 is 26.7 Å². The monoisotopic (exact) mass is 397 g/mol. The molecule has 0 aliphatic carbocycles. The minimum absolute atomic E-state index is 0.134. The highest BCUT2D eigenvalue weighted by molar-refractivity contribution is 7.89. The van der Waals surface area contributed by atoms with Crippen molar-refractivity contribution in [3.63, 3.8) is 0 Å². The average Bonchev–Trinajstić information content (AvgIpc) is 2.70. The number of carbonyl (C=O) groups excluding carboxylic acids is 1. The molecule has 28 heavy (non-hydrogen) atoms. The van der Waals surface area contributed by atoms with E-state index in [1.807, 2.05) is 30.3 Å². The number of carbonyl (C=O) groups is 1. The smallest absolute Gasteiger partial charge is 0.241 e. The summed E-state index contributed by atoms with van der Waals surface area (Å²) in [5, 5.41) is 4.53. The number of fused-ring (bicyclic) bond motifs is 1. The van der Waals surface area contributed by atoms with Crippen molar-refractivity contribution < 1.29 is 13.2 Å². The second kappa shape index (κ2) is 8.50. The van der Waals surface area contributed by atoms with Crippen LogP contribution in [0.15, 0.2) is 71.8 Å². The number of nitrogens with zero attached hydrogens (tertiary/aromatic N) is 1. The highest BCUT2D eigenvalue weighted by atomic mass is 32.2. The summed E-state index contributed by atoms with van der Waals surface area (Å²) in [5.74, 6) is -0.607. The van der Waals surface area contributed by atoms with Crippen molar-refractivity contribution in [3.8, 4) is 0 Å². The van der Waals surface area contributed by atoms with E-state index in [0.29, 0.717) is 5.69 Å². The third-order valence-electron chi connectivity index (χ3n) is 4.43. The van der Waals surface area contributed by atoms with Gasteiger partial charge >= 0.3 is 0 Å². The van der Waals surface area contributed by atoms with Crippen LogP contribution in [-0.2, 0) is 21.4 Å². The molecule has 0 bridgehead atoms. The van der Waals surface area contributed by atoms with Crippen LogP contribution >= 0.6 is 0 Å². The van der Waals surface area contributed by atoms with Crippen LogP contribution in [-0.4, -0.2) is 25.4 Å². The third-order valence-corrected chi connectivity index (χ3v) is 5.87. The lowest BCUT2D eigenvalue weighted by atomic mass is 10.1. The summed E-state index contributed by atoms with van der Waals surface area (Å²) in [6.45, 7) is 3.84. The van der Waals surface area contributed by atoms with Crippen LogP contribution in [0.25, 0.3) is 10.8 Å². The molecule has 0 unspecified atom stereocenters. The van der Waals surface area contributed by atoms with Crippen molar-refractivity contribution in [2.45, 2.75) is 31.3 Å². The van der Waals surface area contributed by atoms with Gasteiger partial charge in [-0.25, -0.2) is 8.42 Å². The first-order valence-electron chi connectivity index (χ1n) is 9.05. The predicted molar refractivity (Wildman–Crippen MR) is 109 cm³/mol. The molecule has 0 saturated heterocycles. The van der Waals surface area contributed by atoms with Crippen LogP contribution in [0.4, 0.5) is 0 Å². The summed E-state index contributed by atoms with van der Waals surface area (Å²) in [7, 11) is -3.85. The van der Waals surface area contributed by atoms with Crippen molar-refractivity contribution in [2.75, 3.05) is 0 Å². The molecule has 0 aliphatic rings. The molecule has 7 heteroatoms. The fourth-order valence-electron chi connectivity index (χ4n) is 2.85. The summed E-state index contributed by atoms with van der Waals surface area (Å²) >= 11 is 0. The Hall–Kier alpha value is -2.77. The Bertz CT molecular complexity index is 1070. The molecular formula is C21H23N3O3S. The van der Waals surface area contributed by atoms with Gasteiger partial charge in [0, 0.05) is 6.20 Å². The van der Waals surface area contributed by atoms with E-state index in [9.17, 15) is 13.2 Å². The van der Waals surface area contributed by atoms with E-state index >= 15 is 0 Å². The topological polar surface area (TPSA) is 88.2 Å². The number of amides is 1. The Morgan fingerprint density at radius 3 is 2.39 bits per heavy atom. The van der Waals surface area contributed by atoms with Crippen LogP contribution in [0, 0.1) is 5.92 Å². The van der Waals surface area contributed by atoms with Gasteiger partial charge in [0.25, 0.3) is 0 Å². The highest BCUT2D eigenvalue weighted by Gasteiger charge is 2.28. The van der Waals surface area contributed by atoms with Gasteiger partial charge in [0.15, 0.2) is 0 Å². The summed E-state index contributed by atoms with van der Waals surface area (Å²) in [6, 6.07) is 17.0. The standard InChI is InChI=1S/C21H23N3O3S/c1-15(2)20(21(25)23-14-18-9-5-6-12-22-18)24-28(26,27)19-11-10-16-7-3-4-8-17(16)13-19/h3-13,15,20,24H,14H2,1-2H3,(H,23,25)/t20-/m1/s1. The summed E-state index contributed by atoms with van der Waals surface area (Å²) < 4.78 is 28.3. The molecule has 0 spiro atoms. The zero-order valence-electron chi connectivity index (χ0n) is 15.8. The molecule has 2 aromatic carbocycles. The molecule has 1 heterocycles. The van der Waals surface area contributed by atoms with Crippen LogP contribution in [0.2, 0.25) is 0 Å². The van der Waals surface area contributed by atoms with Gasteiger partial charge < -0.3 is 5.32 Å². The largest absolute Gasteiger partial charge is 0.349 e. The van der Waals surface area contributed by atoms with Gasteiger partial charge in [0.1, 0.15) is 6.04 Å². The summed E-state index contributed by atoms with van der Waals surface area (Å²) in [6.07, 6.45) is 1.64. The average molecular weight is 398 g/mol. The molecule has 3 rings (SSSR count). The SMILES string of the molecule is CC(C)[C@@H](NS(=O)(=O)c1ccc2ccccc2c1)C(=O)NCc1ccccn1. The van der Waals surface area contributed by atoms with E-state index < -0.39 is 16.1 Å². The third kappa shape index (κ3) is 4.74. The van der Waals surface area contributed by atoms with Gasteiger partial charge in [0.2, 0.25) is 15.9 Å². The van der Waals surface area contributed by atoms with Gasteiger partial charge in [-0.15, -0.1) is 0 Å². The molecule has 0 radical (unpaired) electrons. The number of benzene rings is 2. The molecule has 146 valence electrons. The summed E-state index contributed by atoms with van der Waals surface area (Å²) in [4.78, 5) is 16.9. The van der Waals surface area contributed by atoms with Crippen LogP contribution in [0.1, 0.15) is 19.5 Å². The number of nitrogens with one attached hydrogen (secondary N) is 2. The van der Waals surface area contributed by atoms with E-state index in [1.165, 1.54) is 0 Å². The maximum Gasteiger partial charge on any atom is 0.241 e. The zero-order chi connectivity index (χ0) is 20.1. The van der Waals surface area contributed by atoms with Crippen LogP contribution in [0.3, 0.4) is 0 Å². The van der Waals surface area contributed by atoms with Crippen molar-refractivity contribution in [2.24, 2.45) is 5.92 Å². The molecular weight excluding hydrogens is 374 g/mol. The molecule has 2 N–H and O–H groups in total. The van der Waals surface area contributed by atoms with Crippen molar-refractivity contribution in [1.29, 1.82) is 0 Å². The minimum Gasteiger partial charge on any atom is -0.349 e. The normalized spacial score (nSPS) is 12.8. The number of hydrogen-bond donors (Lipinski definition) is 2. The van der Waals surface area contributed by atoms with Crippen LogP contribution in [0.5, 0.6) is 0 Å². The fourth-order valence-corrected chi connectivity index (χ4v) is 4.23. The van der Waals surface area contributed by atoms with E-state index in [1.54, 1.807) is 50.4 Å². The molecule has 3 aromatic rings. The van der Waals surface area contributed by atoms with Crippen molar-refractivity contribution in [3.05, 3.63) is 72.6 Å².